The largest absolute Gasteiger partial charge is 0.508 e. The number of hydrogen-bond donors (Lipinski definition) is 3. The van der Waals surface area contributed by atoms with E-state index in [9.17, 15) is 29.4 Å². The van der Waals surface area contributed by atoms with Crippen molar-refractivity contribution in [1.82, 2.24) is 20.1 Å². The van der Waals surface area contributed by atoms with Crippen LogP contribution >= 0.6 is 11.3 Å². The van der Waals surface area contributed by atoms with Crippen molar-refractivity contribution < 1.29 is 34.1 Å². The third-order valence-electron chi connectivity index (χ3n) is 12.1. The number of likely N-dealkylation sites (tertiary alicyclic amines) is 1. The first-order chi connectivity index (χ1) is 31.1. The first kappa shape index (κ1) is 48.3. The zero-order valence-electron chi connectivity index (χ0n) is 38.4. The number of aryl methyl sites for hydroxylation is 1. The van der Waals surface area contributed by atoms with Crippen molar-refractivity contribution in [2.24, 2.45) is 11.3 Å². The van der Waals surface area contributed by atoms with Gasteiger partial charge in [-0.25, -0.2) is 4.98 Å². The average molecular weight is 899 g/mol. The number of hydrogen-bond acceptors (Lipinski definition) is 9. The number of aliphatic hydroxyl groups is 1. The van der Waals surface area contributed by atoms with Crippen LogP contribution in [0, 0.1) is 18.3 Å². The fraction of sp³-hybridized carbons (Fsp3) is 0.377. The Morgan fingerprint density at radius 2 is 1.57 bits per heavy atom. The maximum Gasteiger partial charge on any atom is 0.243 e. The molecule has 1 aliphatic heterocycles. The molecule has 0 unspecified atom stereocenters. The number of ketones is 1. The lowest BCUT2D eigenvalue weighted by Gasteiger charge is -2.34. The average Bonchev–Trinajstić information content (AvgIpc) is 3.92. The van der Waals surface area contributed by atoms with E-state index in [2.05, 4.69) is 29.4 Å². The number of Topliss-reactive ketones (excluding diaryl/α,β-unsaturated/α-hetero) is 1. The van der Waals surface area contributed by atoms with Gasteiger partial charge in [0.2, 0.25) is 17.7 Å². The van der Waals surface area contributed by atoms with Gasteiger partial charge in [-0.2, -0.15) is 0 Å². The van der Waals surface area contributed by atoms with Crippen LogP contribution in [0.15, 0.2) is 109 Å². The second kappa shape index (κ2) is 22.2. The van der Waals surface area contributed by atoms with Crippen LogP contribution in [0.5, 0.6) is 11.5 Å². The molecule has 5 aromatic rings. The summed E-state index contributed by atoms with van der Waals surface area (Å²) in [5.74, 6) is -0.745. The fourth-order valence-corrected chi connectivity index (χ4v) is 9.15. The minimum atomic E-state index is -0.853. The van der Waals surface area contributed by atoms with Gasteiger partial charge in [-0.05, 0) is 88.4 Å². The number of thiazole rings is 1. The van der Waals surface area contributed by atoms with E-state index in [1.54, 1.807) is 35.4 Å². The predicted octanol–water partition coefficient (Wildman–Crippen LogP) is 9.10. The number of phenolic OH excluding ortho intramolecular Hbond substituents is 1. The minimum Gasteiger partial charge on any atom is -0.508 e. The number of likely N-dealkylation sites (N-methyl/N-ethyl adjacent to an activating group) is 1. The monoisotopic (exact) mass is 898 g/mol. The lowest BCUT2D eigenvalue weighted by atomic mass is 9.76. The highest BCUT2D eigenvalue weighted by Gasteiger charge is 2.44. The number of aromatic nitrogens is 1. The summed E-state index contributed by atoms with van der Waals surface area (Å²) in [4.78, 5) is 62.5. The maximum absolute atomic E-state index is 14.1. The summed E-state index contributed by atoms with van der Waals surface area (Å²) in [6.45, 7) is 10.7. The van der Waals surface area contributed by atoms with E-state index in [0.717, 1.165) is 50.4 Å². The molecular weight excluding hydrogens is 837 g/mol. The Bertz CT molecular complexity index is 2420. The van der Waals surface area contributed by atoms with Gasteiger partial charge < -0.3 is 30.1 Å². The number of allylic oxidation sites excluding steroid dienone is 1. The van der Waals surface area contributed by atoms with Crippen LogP contribution in [0.25, 0.3) is 21.6 Å². The number of carbonyl (C=O) groups is 4. The number of carbonyl (C=O) groups excluding carboxylic acids is 4. The van der Waals surface area contributed by atoms with Crippen LogP contribution in [0.2, 0.25) is 0 Å². The van der Waals surface area contributed by atoms with Gasteiger partial charge in [-0.3, -0.25) is 19.2 Å². The van der Waals surface area contributed by atoms with Gasteiger partial charge >= 0.3 is 0 Å². The smallest absolute Gasteiger partial charge is 0.243 e. The fourth-order valence-electron chi connectivity index (χ4n) is 8.34. The molecule has 12 heteroatoms. The van der Waals surface area contributed by atoms with Gasteiger partial charge in [-0.1, -0.05) is 107 Å². The van der Waals surface area contributed by atoms with Crippen LogP contribution < -0.4 is 10.1 Å². The minimum absolute atomic E-state index is 0.0182. The molecule has 3 N–H and O–H groups in total. The van der Waals surface area contributed by atoms with E-state index in [1.165, 1.54) is 10.5 Å². The zero-order valence-corrected chi connectivity index (χ0v) is 39.2. The summed E-state index contributed by atoms with van der Waals surface area (Å²) in [6.07, 6.45) is 0.706. The zero-order chi connectivity index (χ0) is 46.7. The Hall–Kier alpha value is -6.11. The summed E-state index contributed by atoms with van der Waals surface area (Å²) in [6, 6.07) is 32.5. The molecule has 1 aromatic heterocycles. The number of benzene rings is 4. The number of nitrogens with one attached hydrogen (secondary N) is 1. The van der Waals surface area contributed by atoms with Crippen LogP contribution in [0.4, 0.5) is 0 Å². The standard InChI is InChI=1S/C53H62N4O7S/c1-7-45(37-12-9-8-10-13-37)49(38-20-24-41(58)25-21-38)39-22-26-44(27-23-39)64-29-28-56(6)48(61)15-11-14-42(59)30-46(53(3,4)5)52(63)57-33-43(60)31-47(57)51(62)54-32-36-16-18-40(19-17-36)50-35(2)55-34-65-50/h8-10,12-13,16-27,34,43,46-47,58,60H,7,11,14-15,28-33H2,1-6H3,(H,54,62)/t43-,46-,47+/m1/s1. The molecule has 1 saturated heterocycles. The van der Waals surface area contributed by atoms with E-state index in [0.29, 0.717) is 18.7 Å². The topological polar surface area (TPSA) is 149 Å². The lowest BCUT2D eigenvalue weighted by molar-refractivity contribution is -0.146. The number of amides is 3. The van der Waals surface area contributed by atoms with Crippen molar-refractivity contribution in [2.75, 3.05) is 26.7 Å². The van der Waals surface area contributed by atoms with Crippen molar-refractivity contribution in [1.29, 1.82) is 0 Å². The number of aromatic hydroxyl groups is 1. The molecule has 0 aliphatic carbocycles. The van der Waals surface area contributed by atoms with Crippen molar-refractivity contribution >= 4 is 46.0 Å². The summed E-state index contributed by atoms with van der Waals surface area (Å²) < 4.78 is 6.04. The molecule has 0 radical (unpaired) electrons. The second-order valence-corrected chi connectivity index (χ2v) is 18.8. The SMILES string of the molecule is CCC(=C(c1ccc(O)cc1)c1ccc(OCCN(C)C(=O)CCCC(=O)C[C@H](C(=O)N2C[C@H](O)C[C@H]2C(=O)NCc2ccc(-c3scnc3C)cc2)C(C)(C)C)cc1)c1ccccc1. The highest BCUT2D eigenvalue weighted by Crippen LogP contribution is 2.37. The predicted molar refractivity (Wildman–Crippen MR) is 257 cm³/mol. The Balaban J connectivity index is 0.968. The van der Waals surface area contributed by atoms with Gasteiger partial charge in [0.25, 0.3) is 0 Å². The number of phenols is 1. The van der Waals surface area contributed by atoms with Gasteiger partial charge in [-0.15, -0.1) is 11.3 Å². The van der Waals surface area contributed by atoms with Crippen molar-refractivity contribution in [2.45, 2.75) is 91.8 Å². The van der Waals surface area contributed by atoms with Crippen molar-refractivity contribution in [3.05, 3.63) is 137 Å². The van der Waals surface area contributed by atoms with E-state index in [1.807, 2.05) is 112 Å². The molecule has 1 fully saturated rings. The number of aliphatic hydroxyl groups excluding tert-OH is 1. The molecule has 65 heavy (non-hydrogen) atoms. The molecule has 0 saturated carbocycles. The first-order valence-electron chi connectivity index (χ1n) is 22.5. The molecule has 0 bridgehead atoms. The highest BCUT2D eigenvalue weighted by atomic mass is 32.1. The molecular formula is C53H62N4O7S. The number of β-amino-alcohol motifs (C(OH)–C–C–N with tert-alkyl or cyclic N) is 1. The second-order valence-electron chi connectivity index (χ2n) is 17.9. The Kier molecular flexibility index (Phi) is 16.5. The molecule has 6 rings (SSSR count). The quantitative estimate of drug-likeness (QED) is 0.0696. The number of ether oxygens (including phenoxy) is 1. The highest BCUT2D eigenvalue weighted by molar-refractivity contribution is 7.13. The van der Waals surface area contributed by atoms with Crippen molar-refractivity contribution in [3.63, 3.8) is 0 Å². The van der Waals surface area contributed by atoms with Crippen LogP contribution in [-0.4, -0.2) is 87.4 Å². The molecule has 11 nitrogen and oxygen atoms in total. The molecule has 0 spiro atoms. The molecule has 342 valence electrons. The molecule has 1 aliphatic rings. The van der Waals surface area contributed by atoms with Crippen LogP contribution in [0.1, 0.15) is 94.2 Å². The van der Waals surface area contributed by atoms with E-state index < -0.39 is 23.5 Å². The summed E-state index contributed by atoms with van der Waals surface area (Å²) >= 11 is 1.58. The first-order valence-corrected chi connectivity index (χ1v) is 23.3. The molecule has 4 aromatic carbocycles. The number of rotatable bonds is 19. The normalized spacial score (nSPS) is 15.8. The summed E-state index contributed by atoms with van der Waals surface area (Å²) in [5, 5.41) is 23.5. The van der Waals surface area contributed by atoms with Gasteiger partial charge in [0.15, 0.2) is 0 Å². The van der Waals surface area contributed by atoms with Crippen LogP contribution in [0.3, 0.4) is 0 Å². The van der Waals surface area contributed by atoms with Crippen LogP contribution in [-0.2, 0) is 25.7 Å². The third kappa shape index (κ3) is 12.8. The van der Waals surface area contributed by atoms with E-state index in [-0.39, 0.29) is 74.6 Å². The van der Waals surface area contributed by atoms with E-state index in [4.69, 9.17) is 4.74 Å². The number of nitrogens with zero attached hydrogens (tertiary/aromatic N) is 3. The van der Waals surface area contributed by atoms with Gasteiger partial charge in [0.1, 0.15) is 29.9 Å². The molecule has 3 atom stereocenters. The Morgan fingerprint density at radius 3 is 2.18 bits per heavy atom. The Morgan fingerprint density at radius 1 is 0.908 bits per heavy atom. The molecule has 3 amide bonds. The molecule has 2 heterocycles. The third-order valence-corrected chi connectivity index (χ3v) is 13.1. The van der Waals surface area contributed by atoms with E-state index >= 15 is 0 Å². The van der Waals surface area contributed by atoms with Gasteiger partial charge in [0, 0.05) is 51.7 Å². The lowest BCUT2D eigenvalue weighted by Crippen LogP contribution is -2.50. The maximum atomic E-state index is 14.1. The summed E-state index contributed by atoms with van der Waals surface area (Å²) in [7, 11) is 1.72. The Labute approximate surface area is 387 Å². The summed E-state index contributed by atoms with van der Waals surface area (Å²) in [5.41, 5.74) is 9.55. The van der Waals surface area contributed by atoms with Gasteiger partial charge in [0.05, 0.1) is 28.7 Å². The van der Waals surface area contributed by atoms with Crippen molar-refractivity contribution in [3.8, 4) is 21.9 Å².